The van der Waals surface area contributed by atoms with Gasteiger partial charge >= 0.3 is 0 Å². The lowest BCUT2D eigenvalue weighted by Gasteiger charge is -2.36. The first-order chi connectivity index (χ1) is 13.9. The Bertz CT molecular complexity index is 1010. The zero-order chi connectivity index (χ0) is 21.0. The largest absolute Gasteiger partial charge is 0.338 e. The van der Waals surface area contributed by atoms with Crippen LogP contribution < -0.4 is 5.32 Å². The zero-order valence-electron chi connectivity index (χ0n) is 17.5. The molecule has 2 atom stereocenters. The Labute approximate surface area is 172 Å². The van der Waals surface area contributed by atoms with Crippen LogP contribution in [-0.4, -0.2) is 29.3 Å². The van der Waals surface area contributed by atoms with Gasteiger partial charge in [0.2, 0.25) is 5.91 Å². The Morgan fingerprint density at radius 1 is 0.966 bits per heavy atom. The van der Waals surface area contributed by atoms with Crippen LogP contribution in [-0.2, 0) is 4.79 Å². The summed E-state index contributed by atoms with van der Waals surface area (Å²) >= 11 is 0. The van der Waals surface area contributed by atoms with Crippen molar-refractivity contribution >= 4 is 22.6 Å². The summed E-state index contributed by atoms with van der Waals surface area (Å²) < 4.78 is 0. The molecule has 3 rings (SSSR count). The summed E-state index contributed by atoms with van der Waals surface area (Å²) in [4.78, 5) is 27.8. The number of fused-ring (bicyclic) bond motifs is 1. The first kappa shape index (κ1) is 20.6. The Morgan fingerprint density at radius 2 is 1.59 bits per heavy atom. The fourth-order valence-corrected chi connectivity index (χ4v) is 3.59. The third-order valence-electron chi connectivity index (χ3n) is 5.78. The number of carbonyl (C=O) groups excluding carboxylic acids is 2. The van der Waals surface area contributed by atoms with E-state index in [2.05, 4.69) is 29.6 Å². The molecule has 0 aliphatic carbocycles. The van der Waals surface area contributed by atoms with Crippen LogP contribution in [0.2, 0.25) is 0 Å². The molecule has 0 aliphatic heterocycles. The summed E-state index contributed by atoms with van der Waals surface area (Å²) in [7, 11) is 1.80. The Morgan fingerprint density at radius 3 is 2.28 bits per heavy atom. The highest BCUT2D eigenvalue weighted by Gasteiger charge is 2.37. The average Bonchev–Trinajstić information content (AvgIpc) is 2.77. The number of amides is 2. The van der Waals surface area contributed by atoms with Gasteiger partial charge in [0.15, 0.2) is 0 Å². The molecule has 0 radical (unpaired) electrons. The monoisotopic (exact) mass is 388 g/mol. The van der Waals surface area contributed by atoms with Gasteiger partial charge in [0, 0.05) is 12.6 Å². The van der Waals surface area contributed by atoms with Crippen molar-refractivity contribution in [2.75, 3.05) is 7.05 Å². The highest BCUT2D eigenvalue weighted by molar-refractivity contribution is 5.99. The maximum Gasteiger partial charge on any atom is 0.252 e. The number of carbonyl (C=O) groups is 2. The van der Waals surface area contributed by atoms with Crippen molar-refractivity contribution in [1.82, 2.24) is 10.2 Å². The van der Waals surface area contributed by atoms with Gasteiger partial charge in [0.1, 0.15) is 5.54 Å². The normalized spacial score (nSPS) is 14.1. The first-order valence-corrected chi connectivity index (χ1v) is 10.00. The maximum atomic E-state index is 13.4. The standard InChI is InChI=1S/C25H28N2O2/c1-5-25(3,26-23(28)20-13-7-6-8-14-20)24(29)27(4)18(2)21-17-11-15-19-12-9-10-16-22(19)21/h6-18H,5H2,1-4H3,(H,26,28)/t18-,25+/m1/s1. The van der Waals surface area contributed by atoms with Gasteiger partial charge in [-0.3, -0.25) is 9.59 Å². The molecule has 2 amide bonds. The summed E-state index contributed by atoms with van der Waals surface area (Å²) in [5.74, 6) is -0.348. The van der Waals surface area contributed by atoms with Crippen LogP contribution in [0.4, 0.5) is 0 Å². The van der Waals surface area contributed by atoms with E-state index >= 15 is 0 Å². The van der Waals surface area contributed by atoms with Crippen molar-refractivity contribution in [3.63, 3.8) is 0 Å². The minimum atomic E-state index is -0.986. The van der Waals surface area contributed by atoms with Gasteiger partial charge in [-0.25, -0.2) is 0 Å². The van der Waals surface area contributed by atoms with E-state index in [9.17, 15) is 9.59 Å². The van der Waals surface area contributed by atoms with Crippen molar-refractivity contribution in [3.05, 3.63) is 83.9 Å². The second-order valence-electron chi connectivity index (χ2n) is 7.67. The van der Waals surface area contributed by atoms with Gasteiger partial charge in [-0.1, -0.05) is 67.6 Å². The van der Waals surface area contributed by atoms with Crippen LogP contribution in [0.25, 0.3) is 10.8 Å². The Kier molecular flexibility index (Phi) is 6.02. The molecule has 3 aromatic carbocycles. The molecule has 0 saturated heterocycles. The topological polar surface area (TPSA) is 49.4 Å². The summed E-state index contributed by atoms with van der Waals surface area (Å²) in [5.41, 5.74) is 0.650. The number of rotatable bonds is 6. The third kappa shape index (κ3) is 4.16. The van der Waals surface area contributed by atoms with E-state index in [0.29, 0.717) is 12.0 Å². The van der Waals surface area contributed by atoms with Crippen molar-refractivity contribution in [2.24, 2.45) is 0 Å². The minimum absolute atomic E-state index is 0.107. The fraction of sp³-hybridized carbons (Fsp3) is 0.280. The SMILES string of the molecule is CC[C@](C)(NC(=O)c1ccccc1)C(=O)N(C)[C@H](C)c1cccc2ccccc12. The predicted octanol–water partition coefficient (Wildman–Crippen LogP) is 4.96. The van der Waals surface area contributed by atoms with E-state index < -0.39 is 5.54 Å². The van der Waals surface area contributed by atoms with Gasteiger partial charge in [-0.05, 0) is 48.7 Å². The number of benzene rings is 3. The average molecular weight is 389 g/mol. The molecule has 0 unspecified atom stereocenters. The number of nitrogens with one attached hydrogen (secondary N) is 1. The molecule has 0 heterocycles. The number of hydrogen-bond acceptors (Lipinski definition) is 2. The number of nitrogens with zero attached hydrogens (tertiary/aromatic N) is 1. The van der Waals surface area contributed by atoms with Crippen LogP contribution in [0, 0.1) is 0 Å². The van der Waals surface area contributed by atoms with E-state index in [1.807, 2.05) is 50.2 Å². The van der Waals surface area contributed by atoms with E-state index in [4.69, 9.17) is 0 Å². The molecule has 4 heteroatoms. The molecule has 1 N–H and O–H groups in total. The predicted molar refractivity (Wildman–Crippen MR) is 118 cm³/mol. The zero-order valence-corrected chi connectivity index (χ0v) is 17.5. The van der Waals surface area contributed by atoms with Gasteiger partial charge in [0.25, 0.3) is 5.91 Å². The maximum absolute atomic E-state index is 13.4. The lowest BCUT2D eigenvalue weighted by molar-refractivity contribution is -0.138. The van der Waals surface area contributed by atoms with Crippen molar-refractivity contribution < 1.29 is 9.59 Å². The number of likely N-dealkylation sites (N-methyl/N-ethyl adjacent to an activating group) is 1. The van der Waals surface area contributed by atoms with Crippen molar-refractivity contribution in [1.29, 1.82) is 0 Å². The van der Waals surface area contributed by atoms with E-state index in [-0.39, 0.29) is 17.9 Å². The summed E-state index contributed by atoms with van der Waals surface area (Å²) in [5, 5.41) is 5.23. The van der Waals surface area contributed by atoms with E-state index in [1.165, 1.54) is 0 Å². The van der Waals surface area contributed by atoms with E-state index in [1.54, 1.807) is 31.0 Å². The van der Waals surface area contributed by atoms with E-state index in [0.717, 1.165) is 16.3 Å². The van der Waals surface area contributed by atoms with Crippen molar-refractivity contribution in [2.45, 2.75) is 38.8 Å². The highest BCUT2D eigenvalue weighted by atomic mass is 16.2. The van der Waals surface area contributed by atoms with Gasteiger partial charge in [0.05, 0.1) is 6.04 Å². The van der Waals surface area contributed by atoms with Gasteiger partial charge in [-0.15, -0.1) is 0 Å². The van der Waals surface area contributed by atoms with Crippen LogP contribution >= 0.6 is 0 Å². The number of hydrogen-bond donors (Lipinski definition) is 1. The molecule has 0 saturated carbocycles. The fourth-order valence-electron chi connectivity index (χ4n) is 3.59. The molecular formula is C25H28N2O2. The molecule has 4 nitrogen and oxygen atoms in total. The molecule has 0 aliphatic rings. The van der Waals surface area contributed by atoms with Gasteiger partial charge in [-0.2, -0.15) is 0 Å². The molecule has 0 aromatic heterocycles. The summed E-state index contributed by atoms with van der Waals surface area (Å²) in [6.45, 7) is 5.73. The molecular weight excluding hydrogens is 360 g/mol. The molecule has 0 bridgehead atoms. The molecule has 150 valence electrons. The van der Waals surface area contributed by atoms with Gasteiger partial charge < -0.3 is 10.2 Å². The molecule has 3 aromatic rings. The summed E-state index contributed by atoms with van der Waals surface area (Å²) in [6, 6.07) is 23.2. The quantitative estimate of drug-likeness (QED) is 0.649. The Hall–Kier alpha value is -3.14. The highest BCUT2D eigenvalue weighted by Crippen LogP contribution is 2.29. The van der Waals surface area contributed by atoms with Crippen LogP contribution in [0.5, 0.6) is 0 Å². The van der Waals surface area contributed by atoms with Crippen molar-refractivity contribution in [3.8, 4) is 0 Å². The smallest absolute Gasteiger partial charge is 0.252 e. The molecule has 29 heavy (non-hydrogen) atoms. The second-order valence-corrected chi connectivity index (χ2v) is 7.67. The minimum Gasteiger partial charge on any atom is -0.338 e. The molecule has 0 spiro atoms. The molecule has 0 fully saturated rings. The first-order valence-electron chi connectivity index (χ1n) is 10.00. The van der Waals surface area contributed by atoms with Crippen LogP contribution in [0.3, 0.4) is 0 Å². The Balaban J connectivity index is 1.85. The second kappa shape index (κ2) is 8.48. The van der Waals surface area contributed by atoms with Crippen LogP contribution in [0.15, 0.2) is 72.8 Å². The van der Waals surface area contributed by atoms with Crippen LogP contribution in [0.1, 0.15) is 49.2 Å². The lowest BCUT2D eigenvalue weighted by atomic mass is 9.93. The summed E-state index contributed by atoms with van der Waals surface area (Å²) in [6.07, 6.45) is 0.497. The third-order valence-corrected chi connectivity index (χ3v) is 5.78. The lowest BCUT2D eigenvalue weighted by Crippen LogP contribution is -2.57.